The number of benzene rings is 3. The van der Waals surface area contributed by atoms with E-state index in [2.05, 4.69) is 15.5 Å². The van der Waals surface area contributed by atoms with E-state index >= 15 is 0 Å². The number of aryl methyl sites for hydroxylation is 2. The highest BCUT2D eigenvalue weighted by atomic mass is 16.5. The van der Waals surface area contributed by atoms with E-state index in [4.69, 9.17) is 9.26 Å². The Morgan fingerprint density at radius 1 is 1.03 bits per heavy atom. The van der Waals surface area contributed by atoms with Crippen LogP contribution in [0.4, 0.5) is 11.4 Å². The number of aromatic nitrogens is 2. The smallest absolute Gasteiger partial charge is 0.265 e. The molecule has 0 radical (unpaired) electrons. The average Bonchev–Trinajstić information content (AvgIpc) is 3.34. The number of hydrogen-bond donors (Lipinski definition) is 1. The van der Waals surface area contributed by atoms with E-state index < -0.39 is 0 Å². The van der Waals surface area contributed by atoms with Crippen LogP contribution in [0.1, 0.15) is 17.0 Å². The third-order valence-electron chi connectivity index (χ3n) is 6.60. The average molecular weight is 526 g/mol. The molecule has 0 fully saturated rings. The quantitative estimate of drug-likeness (QED) is 0.362. The molecule has 5 rings (SSSR count). The van der Waals surface area contributed by atoms with E-state index in [-0.39, 0.29) is 24.8 Å². The van der Waals surface area contributed by atoms with Gasteiger partial charge in [0.05, 0.1) is 12.1 Å². The first-order valence-corrected chi connectivity index (χ1v) is 12.8. The monoisotopic (exact) mass is 525 g/mol. The number of anilines is 2. The van der Waals surface area contributed by atoms with Gasteiger partial charge in [-0.05, 0) is 67.5 Å². The number of hydrogen-bond acceptors (Lipinski definition) is 7. The highest BCUT2D eigenvalue weighted by molar-refractivity contribution is 5.99. The standard InChI is InChI=1S/C30H31N5O4/c1-19-15-23(30-31-20(2)39-33-30)9-11-25(19)22-7-5-21(6-8-22)16-28(36)32-24-10-12-27-26(17-24)35(14-13-34(3)4)29(37)18-38-27/h5-12,15,17H,13-14,16,18H2,1-4H3,(H,32,36). The van der Waals surface area contributed by atoms with Crippen LogP contribution in [-0.2, 0) is 16.0 Å². The molecule has 0 saturated carbocycles. The number of carbonyl (C=O) groups excluding carboxylic acids is 2. The van der Waals surface area contributed by atoms with Crippen molar-refractivity contribution in [3.63, 3.8) is 0 Å². The normalized spacial score (nSPS) is 12.8. The molecule has 1 aromatic heterocycles. The van der Waals surface area contributed by atoms with Crippen molar-refractivity contribution < 1.29 is 18.8 Å². The van der Waals surface area contributed by atoms with Gasteiger partial charge < -0.3 is 24.4 Å². The zero-order valence-electron chi connectivity index (χ0n) is 22.5. The molecule has 2 heterocycles. The van der Waals surface area contributed by atoms with Crippen LogP contribution in [-0.4, -0.2) is 60.6 Å². The van der Waals surface area contributed by atoms with Crippen molar-refractivity contribution in [2.75, 3.05) is 44.0 Å². The second-order valence-electron chi connectivity index (χ2n) is 9.91. The van der Waals surface area contributed by atoms with E-state index in [1.54, 1.807) is 30.0 Å². The van der Waals surface area contributed by atoms with Gasteiger partial charge in [-0.3, -0.25) is 9.59 Å². The van der Waals surface area contributed by atoms with E-state index in [0.29, 0.717) is 35.4 Å². The van der Waals surface area contributed by atoms with Gasteiger partial charge in [0.2, 0.25) is 17.6 Å². The third kappa shape index (κ3) is 5.99. The van der Waals surface area contributed by atoms with Crippen molar-refractivity contribution >= 4 is 23.2 Å². The number of ether oxygens (including phenoxy) is 1. The molecule has 4 aromatic rings. The maximum atomic E-state index is 12.8. The summed E-state index contributed by atoms with van der Waals surface area (Å²) in [6.07, 6.45) is 0.228. The Kier molecular flexibility index (Phi) is 7.42. The summed E-state index contributed by atoms with van der Waals surface area (Å²) in [5.74, 6) is 1.51. The number of likely N-dealkylation sites (N-methyl/N-ethyl adjacent to an activating group) is 1. The molecular formula is C30H31N5O4. The fourth-order valence-electron chi connectivity index (χ4n) is 4.56. The molecule has 1 aliphatic rings. The van der Waals surface area contributed by atoms with Crippen LogP contribution in [0.3, 0.4) is 0 Å². The van der Waals surface area contributed by atoms with Crippen LogP contribution in [0.5, 0.6) is 5.75 Å². The van der Waals surface area contributed by atoms with Crippen LogP contribution in [0, 0.1) is 13.8 Å². The largest absolute Gasteiger partial charge is 0.482 e. The molecule has 2 amide bonds. The zero-order chi connectivity index (χ0) is 27.5. The lowest BCUT2D eigenvalue weighted by Gasteiger charge is -2.30. The van der Waals surface area contributed by atoms with Crippen molar-refractivity contribution in [3.8, 4) is 28.3 Å². The molecule has 200 valence electrons. The number of nitrogens with one attached hydrogen (secondary N) is 1. The van der Waals surface area contributed by atoms with Crippen LogP contribution in [0.2, 0.25) is 0 Å². The zero-order valence-corrected chi connectivity index (χ0v) is 22.5. The van der Waals surface area contributed by atoms with E-state index in [9.17, 15) is 9.59 Å². The van der Waals surface area contributed by atoms with Crippen molar-refractivity contribution in [2.45, 2.75) is 20.3 Å². The summed E-state index contributed by atoms with van der Waals surface area (Å²) in [5, 5.41) is 6.95. The van der Waals surface area contributed by atoms with Gasteiger partial charge in [0.15, 0.2) is 6.61 Å². The first-order chi connectivity index (χ1) is 18.8. The van der Waals surface area contributed by atoms with Crippen molar-refractivity contribution in [3.05, 3.63) is 77.7 Å². The summed E-state index contributed by atoms with van der Waals surface area (Å²) in [4.78, 5) is 33.3. The molecule has 0 bridgehead atoms. The molecule has 0 unspecified atom stereocenters. The molecule has 0 aliphatic carbocycles. The minimum Gasteiger partial charge on any atom is -0.482 e. The number of nitrogens with zero attached hydrogens (tertiary/aromatic N) is 4. The maximum absolute atomic E-state index is 12.8. The lowest BCUT2D eigenvalue weighted by molar-refractivity contribution is -0.121. The topological polar surface area (TPSA) is 101 Å². The Bertz CT molecular complexity index is 1510. The van der Waals surface area contributed by atoms with Crippen molar-refractivity contribution in [1.29, 1.82) is 0 Å². The molecule has 0 spiro atoms. The number of carbonyl (C=O) groups is 2. The Labute approximate surface area is 227 Å². The van der Waals surface area contributed by atoms with E-state index in [1.165, 1.54) is 0 Å². The van der Waals surface area contributed by atoms with Crippen molar-refractivity contribution in [2.24, 2.45) is 0 Å². The summed E-state index contributed by atoms with van der Waals surface area (Å²) in [6.45, 7) is 5.10. The van der Waals surface area contributed by atoms with Gasteiger partial charge in [-0.2, -0.15) is 4.98 Å². The Hall–Kier alpha value is -4.50. The number of amides is 2. The molecule has 1 N–H and O–H groups in total. The summed E-state index contributed by atoms with van der Waals surface area (Å²) >= 11 is 0. The summed E-state index contributed by atoms with van der Waals surface area (Å²) in [7, 11) is 3.93. The second-order valence-corrected chi connectivity index (χ2v) is 9.91. The van der Waals surface area contributed by atoms with E-state index in [0.717, 1.165) is 34.4 Å². The van der Waals surface area contributed by atoms with Gasteiger partial charge in [0.1, 0.15) is 5.75 Å². The SMILES string of the molecule is Cc1nc(-c2ccc(-c3ccc(CC(=O)Nc4ccc5c(c4)N(CCN(C)C)C(=O)CO5)cc3)c(C)c2)no1. The van der Waals surface area contributed by atoms with Crippen LogP contribution in [0.25, 0.3) is 22.5 Å². The fraction of sp³-hybridized carbons (Fsp3) is 0.267. The van der Waals surface area contributed by atoms with Gasteiger partial charge >= 0.3 is 0 Å². The summed E-state index contributed by atoms with van der Waals surface area (Å²) < 4.78 is 10.7. The third-order valence-corrected chi connectivity index (χ3v) is 6.60. The van der Waals surface area contributed by atoms with Gasteiger partial charge in [-0.25, -0.2) is 0 Å². The Morgan fingerprint density at radius 2 is 1.79 bits per heavy atom. The molecule has 0 saturated heterocycles. The number of fused-ring (bicyclic) bond motifs is 1. The van der Waals surface area contributed by atoms with Crippen LogP contribution in [0.15, 0.2) is 65.2 Å². The lowest BCUT2D eigenvalue weighted by atomic mass is 9.97. The minimum atomic E-state index is -0.137. The Balaban J connectivity index is 1.25. The maximum Gasteiger partial charge on any atom is 0.265 e. The van der Waals surface area contributed by atoms with Gasteiger partial charge in [-0.1, -0.05) is 41.6 Å². The van der Waals surface area contributed by atoms with Crippen molar-refractivity contribution in [1.82, 2.24) is 15.0 Å². The molecule has 9 nitrogen and oxygen atoms in total. The van der Waals surface area contributed by atoms with Gasteiger partial charge in [0, 0.05) is 31.3 Å². The molecule has 1 aliphatic heterocycles. The fourth-order valence-corrected chi connectivity index (χ4v) is 4.56. The van der Waals surface area contributed by atoms with Gasteiger partial charge in [0.25, 0.3) is 5.91 Å². The van der Waals surface area contributed by atoms with E-state index in [1.807, 2.05) is 68.4 Å². The molecule has 0 atom stereocenters. The predicted molar refractivity (Wildman–Crippen MR) is 150 cm³/mol. The highest BCUT2D eigenvalue weighted by Gasteiger charge is 2.26. The summed E-state index contributed by atoms with van der Waals surface area (Å²) in [6, 6.07) is 19.4. The van der Waals surface area contributed by atoms with Gasteiger partial charge in [-0.15, -0.1) is 0 Å². The molecule has 39 heavy (non-hydrogen) atoms. The second kappa shape index (κ2) is 11.1. The summed E-state index contributed by atoms with van der Waals surface area (Å²) in [5.41, 5.74) is 6.35. The predicted octanol–water partition coefficient (Wildman–Crippen LogP) is 4.49. The minimum absolute atomic E-state index is 0.0182. The van der Waals surface area contributed by atoms with Crippen LogP contribution < -0.4 is 15.0 Å². The molecular weight excluding hydrogens is 494 g/mol. The highest BCUT2D eigenvalue weighted by Crippen LogP contribution is 2.34. The number of rotatable bonds is 8. The molecule has 9 heteroatoms. The lowest BCUT2D eigenvalue weighted by Crippen LogP contribution is -2.42. The first kappa shape index (κ1) is 26.1. The first-order valence-electron chi connectivity index (χ1n) is 12.8. The molecule has 3 aromatic carbocycles. The van der Waals surface area contributed by atoms with Crippen LogP contribution >= 0.6 is 0 Å². The Morgan fingerprint density at radius 3 is 2.49 bits per heavy atom.